The number of carbonyl (C=O) groups is 4. The van der Waals surface area contributed by atoms with Crippen LogP contribution in [0.25, 0.3) is 90.3 Å². The highest BCUT2D eigenvalue weighted by Gasteiger charge is 2.21. The highest BCUT2D eigenvalue weighted by atomic mass is 32.1. The molecular formula is C113H115N7O14S. The van der Waals surface area contributed by atoms with E-state index in [-0.39, 0.29) is 25.7 Å². The largest absolute Gasteiger partial charge is 0.493 e. The van der Waals surface area contributed by atoms with Crippen molar-refractivity contribution < 1.29 is 75.6 Å². The van der Waals surface area contributed by atoms with Gasteiger partial charge in [0.05, 0.1) is 68.1 Å². The fourth-order valence-corrected chi connectivity index (χ4v) is 15.6. The van der Waals surface area contributed by atoms with Crippen LogP contribution in [0, 0.1) is 27.7 Å². The summed E-state index contributed by atoms with van der Waals surface area (Å²) in [5, 5.41) is 35.9. The third kappa shape index (κ3) is 29.2. The van der Waals surface area contributed by atoms with Gasteiger partial charge in [0.25, 0.3) is 0 Å². The van der Waals surface area contributed by atoms with Gasteiger partial charge in [-0.2, -0.15) is 0 Å². The van der Waals surface area contributed by atoms with Gasteiger partial charge in [0, 0.05) is 125 Å². The summed E-state index contributed by atoms with van der Waals surface area (Å²) >= 11 is 1.34. The van der Waals surface area contributed by atoms with Crippen LogP contribution in [0.5, 0.6) is 23.0 Å². The van der Waals surface area contributed by atoms with Gasteiger partial charge in [-0.15, -0.1) is 11.3 Å². The van der Waals surface area contributed by atoms with Crippen molar-refractivity contribution >= 4 is 35.2 Å². The van der Waals surface area contributed by atoms with E-state index in [1.165, 1.54) is 11.3 Å². The van der Waals surface area contributed by atoms with Gasteiger partial charge in [0.15, 0.2) is 0 Å². The molecule has 2 unspecified atom stereocenters. The van der Waals surface area contributed by atoms with Crippen LogP contribution in [-0.2, 0) is 45.1 Å². The van der Waals surface area contributed by atoms with E-state index in [4.69, 9.17) is 56.4 Å². The Balaban J connectivity index is 0.000000158. The molecule has 16 aromatic rings. The minimum absolute atomic E-state index is 0.0961. The number of aliphatic carboxylic acids is 4. The number of hydrogen-bond donors (Lipinski definition) is 4. The number of aryl methyl sites for hydroxylation is 4. The van der Waals surface area contributed by atoms with Crippen molar-refractivity contribution in [2.45, 2.75) is 150 Å². The Bertz CT molecular complexity index is 6750. The molecule has 0 aliphatic heterocycles. The van der Waals surface area contributed by atoms with Crippen LogP contribution in [0.3, 0.4) is 0 Å². The molecule has 6 heterocycles. The molecule has 0 saturated heterocycles. The predicted molar refractivity (Wildman–Crippen MR) is 533 cm³/mol. The fraction of sp³-hybridized carbons (Fsp3) is 0.239. The number of carboxylic acids is 4. The Morgan fingerprint density at radius 3 is 1.11 bits per heavy atom. The molecule has 0 bridgehead atoms. The van der Waals surface area contributed by atoms with Crippen molar-refractivity contribution in [1.29, 1.82) is 0 Å². The van der Waals surface area contributed by atoms with Crippen molar-refractivity contribution in [2.24, 2.45) is 0 Å². The van der Waals surface area contributed by atoms with Gasteiger partial charge in [-0.05, 0) is 181 Å². The molecule has 0 aliphatic rings. The van der Waals surface area contributed by atoms with E-state index in [0.29, 0.717) is 127 Å². The molecule has 135 heavy (non-hydrogen) atoms. The second-order valence-corrected chi connectivity index (χ2v) is 33.3. The maximum Gasteiger partial charge on any atom is 0.303 e. The van der Waals surface area contributed by atoms with E-state index in [9.17, 15) is 19.2 Å². The number of thiazole rings is 1. The van der Waals surface area contributed by atoms with Crippen LogP contribution in [0.4, 0.5) is 0 Å². The summed E-state index contributed by atoms with van der Waals surface area (Å²) in [5.41, 5.74) is 16.3. The number of benzene rings is 10. The number of ether oxygens (including phenoxy) is 4. The third-order valence-corrected chi connectivity index (χ3v) is 22.8. The van der Waals surface area contributed by atoms with Gasteiger partial charge < -0.3 is 61.9 Å². The van der Waals surface area contributed by atoms with Crippen LogP contribution < -0.4 is 18.9 Å². The first-order chi connectivity index (χ1) is 68.2. The Hall–Kier alpha value is -15.2. The SMILES string of the molecule is [2H]C([2H])(c1ccccc1OCCCCCC(=O)O)c1sc(C)nc1-c1ccc(-c2ccco2)cc1.[2H]C([2H])(c1ccccc1OCCCCCC(=O)O)n1c(C)cnc1-c1ccc(-c2ccccc2)cc1.[2H]C(c1ccccc1OC/C=C(\C)CCC(=O)O)n1c(C)cnc1-c1ccc(-c2ccco2)cc1.[2H]C(c1ccccc1OCCCCCC(=O)O)n1c(C)cnc1-c1ccc(-c2ccccc2)cc1. The summed E-state index contributed by atoms with van der Waals surface area (Å²) in [7, 11) is 0. The molecule has 0 fully saturated rings. The monoisotopic (exact) mass is 1830 g/mol. The number of rotatable bonds is 43. The number of para-hydroxylation sites is 4. The average Bonchev–Trinajstić information content (AvgIpc) is 1.65. The van der Waals surface area contributed by atoms with E-state index in [1.807, 2.05) is 256 Å². The number of imidazole rings is 3. The average molecular weight is 1830 g/mol. The van der Waals surface area contributed by atoms with E-state index in [0.717, 1.165) is 132 Å². The molecule has 0 saturated carbocycles. The topological polar surface area (TPSA) is 279 Å². The molecular weight excluding hydrogens is 1710 g/mol. The summed E-state index contributed by atoms with van der Waals surface area (Å²) in [5.74, 6) is 2.62. The van der Waals surface area contributed by atoms with Crippen LogP contribution >= 0.6 is 11.3 Å². The molecule has 0 radical (unpaired) electrons. The van der Waals surface area contributed by atoms with Gasteiger partial charge in [0.2, 0.25) is 0 Å². The Kier molecular flexibility index (Phi) is 33.3. The second-order valence-electron chi connectivity index (χ2n) is 32.1. The van der Waals surface area contributed by atoms with Crippen molar-refractivity contribution in [3.8, 4) is 113 Å². The summed E-state index contributed by atoms with van der Waals surface area (Å²) < 4.78 is 94.8. The Labute approximate surface area is 801 Å². The first-order valence-electron chi connectivity index (χ1n) is 48.3. The number of hydrogen-bond acceptors (Lipinski definition) is 15. The molecule has 0 spiro atoms. The van der Waals surface area contributed by atoms with E-state index in [1.54, 1.807) is 72.1 Å². The second kappa shape index (κ2) is 50.5. The number of aromatic nitrogens is 7. The maximum absolute atomic E-state index is 10.8. The summed E-state index contributed by atoms with van der Waals surface area (Å²) in [6, 6.07) is 89.2. The van der Waals surface area contributed by atoms with Gasteiger partial charge >= 0.3 is 23.9 Å². The lowest BCUT2D eigenvalue weighted by atomic mass is 10.0. The van der Waals surface area contributed by atoms with Gasteiger partial charge in [0.1, 0.15) is 58.6 Å². The lowest BCUT2D eigenvalue weighted by Gasteiger charge is -2.15. The maximum atomic E-state index is 10.8. The Morgan fingerprint density at radius 1 is 0.356 bits per heavy atom. The van der Waals surface area contributed by atoms with Crippen LogP contribution in [0.15, 0.2) is 331 Å². The minimum Gasteiger partial charge on any atom is -0.493 e. The quantitative estimate of drug-likeness (QED) is 0.0204. The minimum atomic E-state index is -1.91. The molecule has 0 aliphatic carbocycles. The molecule has 4 N–H and O–H groups in total. The lowest BCUT2D eigenvalue weighted by molar-refractivity contribution is -0.138. The molecule has 692 valence electrons. The molecule has 16 rings (SSSR count). The van der Waals surface area contributed by atoms with Crippen molar-refractivity contribution in [2.75, 3.05) is 26.4 Å². The number of unbranched alkanes of at least 4 members (excludes halogenated alkanes) is 6. The molecule has 6 aromatic heterocycles. The zero-order chi connectivity index (χ0) is 99.8. The predicted octanol–water partition coefficient (Wildman–Crippen LogP) is 26.5. The molecule has 21 nitrogen and oxygen atoms in total. The Morgan fingerprint density at radius 2 is 0.696 bits per heavy atom. The fourth-order valence-electron chi connectivity index (χ4n) is 14.7. The summed E-state index contributed by atoms with van der Waals surface area (Å²) in [4.78, 5) is 61.8. The van der Waals surface area contributed by atoms with Crippen molar-refractivity contribution in [3.63, 3.8) is 0 Å². The number of carboxylic acid groups (broad SMARTS) is 4. The first-order valence-corrected chi connectivity index (χ1v) is 46.0. The lowest BCUT2D eigenvalue weighted by Crippen LogP contribution is -2.07. The number of allylic oxidation sites excluding steroid dienone is 1. The highest BCUT2D eigenvalue weighted by molar-refractivity contribution is 7.12. The number of nitrogens with zero attached hydrogens (tertiary/aromatic N) is 7. The molecule has 22 heteroatoms. The smallest absolute Gasteiger partial charge is 0.303 e. The number of furan rings is 2. The standard InChI is InChI=1S/2C29H30N2O3.C28H28N2O4.C27H27NO4S/c2*1-22-20-30-29(25-17-15-24(16-18-25)23-10-4-2-5-11-23)31(22)21-26-12-7-8-13-27(26)34-19-9-3-6-14-28(32)33;1-20(9-14-27(31)32)15-17-34-26-7-4-3-6-24(26)19-30-21(2)18-29-28(30)23-12-10-22(11-13-23)25-8-5-16-33-25;1-19-28-27(21-14-12-20(13-15-21)23-10-7-17-32-23)25(33-19)18-22-8-4-5-9-24(22)31-16-6-2-3-11-26(29)30/h2*2,4-5,7-8,10-13,15-18,20H,3,6,9,14,19,21H2,1H3,(H,32,33);3-8,10-13,15-16,18H,9,14,17,19H2,1-2H3,(H,31,32);4-5,7-10,12-15,17H,2-3,6,11,16,18H2,1H3,(H,29,30)/b;;20-15+;/i21D2;21D;19D;18D2. The zero-order valence-electron chi connectivity index (χ0n) is 82.3. The normalized spacial score (nSPS) is 12.4. The van der Waals surface area contributed by atoms with Crippen molar-refractivity contribution in [1.82, 2.24) is 33.6 Å². The van der Waals surface area contributed by atoms with E-state index >= 15 is 0 Å². The molecule has 10 aromatic carbocycles. The third-order valence-electron chi connectivity index (χ3n) is 22.0. The van der Waals surface area contributed by atoms with Crippen molar-refractivity contribution in [3.05, 3.63) is 371 Å². The van der Waals surface area contributed by atoms with Gasteiger partial charge in [-0.25, -0.2) is 19.9 Å². The van der Waals surface area contributed by atoms with Gasteiger partial charge in [-0.1, -0.05) is 236 Å². The first kappa shape index (κ1) is 89.1. The van der Waals surface area contributed by atoms with Gasteiger partial charge in [-0.3, -0.25) is 19.2 Å². The van der Waals surface area contributed by atoms with Crippen LogP contribution in [0.1, 0.15) is 154 Å². The van der Waals surface area contributed by atoms with E-state index in [2.05, 4.69) is 56.3 Å². The van der Waals surface area contributed by atoms with Crippen LogP contribution in [-0.4, -0.2) is 104 Å². The summed E-state index contributed by atoms with van der Waals surface area (Å²) in [6.45, 7) is 7.71. The zero-order valence-corrected chi connectivity index (χ0v) is 77.1. The molecule has 2 atom stereocenters. The molecule has 0 amide bonds. The van der Waals surface area contributed by atoms with Crippen LogP contribution in [0.2, 0.25) is 0 Å². The highest BCUT2D eigenvalue weighted by Crippen LogP contribution is 2.37. The summed E-state index contributed by atoms with van der Waals surface area (Å²) in [6.07, 6.45) is 16.0. The van der Waals surface area contributed by atoms with E-state index < -0.39 is 49.8 Å².